The molecule has 2 aromatic carbocycles. The highest BCUT2D eigenvalue weighted by atomic mass is 35.5. The molecule has 0 aromatic heterocycles. The van der Waals surface area contributed by atoms with Crippen molar-refractivity contribution >= 4 is 29.2 Å². The van der Waals surface area contributed by atoms with Crippen molar-refractivity contribution in [2.24, 2.45) is 0 Å². The Morgan fingerprint density at radius 2 is 1.94 bits per heavy atom. The minimum Gasteiger partial charge on any atom is -0.460 e. The number of hydrogen-bond acceptors (Lipinski definition) is 5. The minimum absolute atomic E-state index is 0.249. The topological polar surface area (TPSA) is 48.0 Å². The second-order valence-electron chi connectivity index (χ2n) is 8.33. The number of hydrogen-bond donors (Lipinski definition) is 0. The van der Waals surface area contributed by atoms with E-state index in [0.29, 0.717) is 41.8 Å². The van der Waals surface area contributed by atoms with Gasteiger partial charge in [0.15, 0.2) is 5.75 Å². The Hall–Kier alpha value is -1.86. The molecule has 1 aliphatic heterocycles. The highest BCUT2D eigenvalue weighted by molar-refractivity contribution is 6.37. The fourth-order valence-corrected chi connectivity index (χ4v) is 3.74. The number of carbonyl (C=O) groups excluding carboxylic acids is 1. The van der Waals surface area contributed by atoms with Crippen LogP contribution in [0, 0.1) is 5.82 Å². The van der Waals surface area contributed by atoms with Gasteiger partial charge in [-0.1, -0.05) is 29.3 Å². The van der Waals surface area contributed by atoms with Crippen LogP contribution in [-0.4, -0.2) is 42.7 Å². The lowest BCUT2D eigenvalue weighted by Crippen LogP contribution is -2.40. The molecule has 3 rings (SSSR count). The maximum Gasteiger partial charge on any atom is 0.307 e. The molecule has 168 valence electrons. The number of para-hydroxylation sites is 1. The second kappa shape index (κ2) is 10.2. The van der Waals surface area contributed by atoms with Gasteiger partial charge >= 0.3 is 5.97 Å². The smallest absolute Gasteiger partial charge is 0.307 e. The van der Waals surface area contributed by atoms with Crippen molar-refractivity contribution in [2.75, 3.05) is 26.2 Å². The number of rotatable bonds is 6. The van der Waals surface area contributed by atoms with Crippen LogP contribution in [-0.2, 0) is 14.3 Å². The van der Waals surface area contributed by atoms with E-state index in [0.717, 1.165) is 0 Å². The van der Waals surface area contributed by atoms with Crippen LogP contribution in [0.2, 0.25) is 10.0 Å². The molecule has 1 aliphatic rings. The van der Waals surface area contributed by atoms with Crippen molar-refractivity contribution in [2.45, 2.75) is 38.9 Å². The third kappa shape index (κ3) is 6.81. The van der Waals surface area contributed by atoms with E-state index >= 15 is 0 Å². The molecule has 31 heavy (non-hydrogen) atoms. The molecular formula is C23H26Cl2FNO4. The van der Waals surface area contributed by atoms with E-state index < -0.39 is 17.5 Å². The van der Waals surface area contributed by atoms with Gasteiger partial charge in [-0.25, -0.2) is 4.39 Å². The summed E-state index contributed by atoms with van der Waals surface area (Å²) in [5.41, 5.74) is -0.0780. The van der Waals surface area contributed by atoms with Gasteiger partial charge < -0.3 is 14.2 Å². The molecule has 0 amide bonds. The largest absolute Gasteiger partial charge is 0.460 e. The van der Waals surface area contributed by atoms with Crippen LogP contribution < -0.4 is 4.74 Å². The van der Waals surface area contributed by atoms with Crippen molar-refractivity contribution in [3.05, 3.63) is 57.8 Å². The Bertz CT molecular complexity index is 912. The normalized spacial score (nSPS) is 17.4. The molecule has 1 fully saturated rings. The second-order valence-corrected chi connectivity index (χ2v) is 9.15. The van der Waals surface area contributed by atoms with Gasteiger partial charge in [0.05, 0.1) is 29.2 Å². The van der Waals surface area contributed by atoms with E-state index in [4.69, 9.17) is 37.4 Å². The molecule has 2 aromatic rings. The first-order chi connectivity index (χ1) is 14.6. The van der Waals surface area contributed by atoms with Crippen LogP contribution in [0.4, 0.5) is 4.39 Å². The van der Waals surface area contributed by atoms with Crippen LogP contribution in [0.25, 0.3) is 0 Å². The van der Waals surface area contributed by atoms with E-state index in [1.54, 1.807) is 30.3 Å². The monoisotopic (exact) mass is 469 g/mol. The summed E-state index contributed by atoms with van der Waals surface area (Å²) in [7, 11) is 0. The third-order valence-corrected chi connectivity index (χ3v) is 5.26. The van der Waals surface area contributed by atoms with Crippen molar-refractivity contribution < 1.29 is 23.4 Å². The molecule has 0 spiro atoms. The predicted molar refractivity (Wildman–Crippen MR) is 119 cm³/mol. The highest BCUT2D eigenvalue weighted by Gasteiger charge is 2.26. The van der Waals surface area contributed by atoms with Gasteiger partial charge in [-0.15, -0.1) is 0 Å². The average molecular weight is 470 g/mol. The summed E-state index contributed by atoms with van der Waals surface area (Å²) < 4.78 is 31.7. The van der Waals surface area contributed by atoms with Crippen molar-refractivity contribution in [1.82, 2.24) is 4.90 Å². The summed E-state index contributed by atoms with van der Waals surface area (Å²) in [6.45, 7) is 7.65. The average Bonchev–Trinajstić information content (AvgIpc) is 2.68. The lowest BCUT2D eigenvalue weighted by atomic mass is 10.1. The van der Waals surface area contributed by atoms with Gasteiger partial charge in [-0.05, 0) is 45.0 Å². The van der Waals surface area contributed by atoms with Gasteiger partial charge in [-0.2, -0.15) is 0 Å². The van der Waals surface area contributed by atoms with Crippen molar-refractivity contribution in [1.29, 1.82) is 0 Å². The van der Waals surface area contributed by atoms with Crippen molar-refractivity contribution in [3.63, 3.8) is 0 Å². The third-order valence-electron chi connectivity index (χ3n) is 4.66. The number of ether oxygens (including phenoxy) is 3. The molecule has 1 heterocycles. The standard InChI is InChI=1S/C23H26Cl2FNO4/c1-23(2,3)31-21(28)9-10-27-11-12-29-20(14-27)16-8-7-15(13-19(16)26)30-22-17(24)5-4-6-18(22)25/h4-8,13,20H,9-12,14H2,1-3H3. The Balaban J connectivity index is 1.62. The van der Waals surface area contributed by atoms with Crippen LogP contribution >= 0.6 is 23.2 Å². The number of carbonyl (C=O) groups is 1. The lowest BCUT2D eigenvalue weighted by Gasteiger charge is -2.33. The Labute approximate surface area is 192 Å². The molecule has 0 bridgehead atoms. The highest BCUT2D eigenvalue weighted by Crippen LogP contribution is 2.37. The maximum atomic E-state index is 14.8. The fraction of sp³-hybridized carbons (Fsp3) is 0.435. The number of esters is 1. The van der Waals surface area contributed by atoms with Crippen LogP contribution in [0.1, 0.15) is 38.9 Å². The Kier molecular flexibility index (Phi) is 7.81. The molecular weight excluding hydrogens is 444 g/mol. The first kappa shape index (κ1) is 23.8. The first-order valence-electron chi connectivity index (χ1n) is 10.1. The predicted octanol–water partition coefficient (Wildman–Crippen LogP) is 6.03. The van der Waals surface area contributed by atoms with Gasteiger partial charge in [0.1, 0.15) is 17.2 Å². The fourth-order valence-electron chi connectivity index (χ4n) is 3.27. The SMILES string of the molecule is CC(C)(C)OC(=O)CCN1CCOC(c2ccc(Oc3c(Cl)cccc3Cl)cc2F)C1. The molecule has 0 saturated carbocycles. The molecule has 0 aliphatic carbocycles. The summed E-state index contributed by atoms with van der Waals surface area (Å²) in [6, 6.07) is 9.58. The Morgan fingerprint density at radius 1 is 1.23 bits per heavy atom. The van der Waals surface area contributed by atoms with Crippen LogP contribution in [0.5, 0.6) is 11.5 Å². The molecule has 1 atom stereocenters. The van der Waals surface area contributed by atoms with E-state index in [1.807, 2.05) is 20.8 Å². The molecule has 1 saturated heterocycles. The molecule has 0 N–H and O–H groups in total. The zero-order valence-corrected chi connectivity index (χ0v) is 19.3. The summed E-state index contributed by atoms with van der Waals surface area (Å²) in [5.74, 6) is -0.129. The zero-order chi connectivity index (χ0) is 22.6. The van der Waals surface area contributed by atoms with E-state index in [-0.39, 0.29) is 23.9 Å². The number of nitrogens with zero attached hydrogens (tertiary/aromatic N) is 1. The molecule has 5 nitrogen and oxygen atoms in total. The maximum absolute atomic E-state index is 14.8. The molecule has 0 radical (unpaired) electrons. The first-order valence-corrected chi connectivity index (χ1v) is 10.8. The van der Waals surface area contributed by atoms with Gasteiger partial charge in [0.25, 0.3) is 0 Å². The van der Waals surface area contributed by atoms with E-state index in [9.17, 15) is 9.18 Å². The summed E-state index contributed by atoms with van der Waals surface area (Å²) in [5, 5.41) is 0.682. The van der Waals surface area contributed by atoms with Gasteiger partial charge in [0, 0.05) is 31.3 Å². The number of halogens is 3. The molecule has 1 unspecified atom stereocenters. The minimum atomic E-state index is -0.508. The quantitative estimate of drug-likeness (QED) is 0.483. The van der Waals surface area contributed by atoms with E-state index in [2.05, 4.69) is 4.90 Å². The van der Waals surface area contributed by atoms with Crippen LogP contribution in [0.15, 0.2) is 36.4 Å². The van der Waals surface area contributed by atoms with E-state index in [1.165, 1.54) is 6.07 Å². The summed E-state index contributed by atoms with van der Waals surface area (Å²) in [4.78, 5) is 14.0. The number of morpholine rings is 1. The van der Waals surface area contributed by atoms with Gasteiger partial charge in [0.2, 0.25) is 0 Å². The lowest BCUT2D eigenvalue weighted by molar-refractivity contribution is -0.155. The Morgan fingerprint density at radius 3 is 2.58 bits per heavy atom. The zero-order valence-electron chi connectivity index (χ0n) is 17.8. The van der Waals surface area contributed by atoms with Crippen molar-refractivity contribution in [3.8, 4) is 11.5 Å². The molecule has 8 heteroatoms. The number of benzene rings is 2. The van der Waals surface area contributed by atoms with Gasteiger partial charge in [-0.3, -0.25) is 9.69 Å². The van der Waals surface area contributed by atoms with Crippen LogP contribution in [0.3, 0.4) is 0 Å². The summed E-state index contributed by atoms with van der Waals surface area (Å²) >= 11 is 12.2. The summed E-state index contributed by atoms with van der Waals surface area (Å²) in [6.07, 6.45) is -0.164.